The monoisotopic (exact) mass is 530 g/mol. The van der Waals surface area contributed by atoms with Gasteiger partial charge in [0.25, 0.3) is 0 Å². The Morgan fingerprint density at radius 1 is 1.34 bits per heavy atom. The lowest BCUT2D eigenvalue weighted by atomic mass is 9.96. The minimum atomic E-state index is -4.60. The molecule has 2 unspecified atom stereocenters. The number of piperidine rings is 1. The normalized spacial score (nSPS) is 21.5. The molecule has 3 atom stereocenters. The number of aliphatic imine (C=N–C) groups is 1. The third-order valence-corrected chi connectivity index (χ3v) is 9.11. The van der Waals surface area contributed by atoms with Gasteiger partial charge in [-0.1, -0.05) is 19.1 Å². The number of rotatable bonds is 9. The number of hydrogen-bond acceptors (Lipinski definition) is 6. The highest BCUT2D eigenvalue weighted by molar-refractivity contribution is 7.89. The summed E-state index contributed by atoms with van der Waals surface area (Å²) in [5.41, 5.74) is 12.1. The van der Waals surface area contributed by atoms with Gasteiger partial charge in [0.1, 0.15) is 16.7 Å². The average molecular weight is 531 g/mol. The zero-order valence-corrected chi connectivity index (χ0v) is 21.5. The summed E-state index contributed by atoms with van der Waals surface area (Å²) >= 11 is 0. The van der Waals surface area contributed by atoms with Crippen molar-refractivity contribution in [3.8, 4) is 0 Å². The van der Waals surface area contributed by atoms with Gasteiger partial charge in [0.05, 0.1) is 5.69 Å². The second-order valence-corrected chi connectivity index (χ2v) is 12.7. The first-order valence-electron chi connectivity index (χ1n) is 11.7. The molecule has 0 aliphatic carbocycles. The first-order chi connectivity index (χ1) is 16.4. The maximum atomic E-state index is 13.5. The number of fused-ring (bicyclic) bond motifs is 1. The van der Waals surface area contributed by atoms with Crippen molar-refractivity contribution in [2.24, 2.45) is 22.4 Å². The van der Waals surface area contributed by atoms with Gasteiger partial charge in [0, 0.05) is 19.6 Å². The lowest BCUT2D eigenvalue weighted by molar-refractivity contribution is -0.135. The molecule has 1 saturated heterocycles. The molecule has 0 spiro atoms. The molecule has 1 aromatic carbocycles. The smallest absolute Gasteiger partial charge is 0.347 e. The van der Waals surface area contributed by atoms with Crippen LogP contribution in [0.1, 0.15) is 44.6 Å². The number of nitrogens with two attached hydrogens (primary N) is 2. The Bertz CT molecular complexity index is 1100. The molecule has 2 aliphatic heterocycles. The molecule has 0 bridgehead atoms. The lowest BCUT2D eigenvalue weighted by Gasteiger charge is -2.38. The SMILES string of the molecule is CC1CNc2c(cccc2S(=O)(=O)N[C@@H](CCCN=C(N)N)C(=O)N2CCCCC2P(=O)(O)O)C1. The van der Waals surface area contributed by atoms with E-state index in [4.69, 9.17) is 11.5 Å². The molecule has 12 nitrogen and oxygen atoms in total. The minimum absolute atomic E-state index is 0.0362. The number of para-hydroxylation sites is 1. The van der Waals surface area contributed by atoms with Gasteiger partial charge >= 0.3 is 7.60 Å². The van der Waals surface area contributed by atoms with Crippen LogP contribution < -0.4 is 21.5 Å². The summed E-state index contributed by atoms with van der Waals surface area (Å²) in [4.78, 5) is 38.1. The van der Waals surface area contributed by atoms with Crippen LogP contribution in [0, 0.1) is 5.92 Å². The van der Waals surface area contributed by atoms with E-state index in [1.807, 2.05) is 6.07 Å². The summed E-state index contributed by atoms with van der Waals surface area (Å²) in [6.45, 7) is 3.01. The number of amides is 1. The van der Waals surface area contributed by atoms with Gasteiger partial charge in [0.15, 0.2) is 5.96 Å². The van der Waals surface area contributed by atoms with Crippen molar-refractivity contribution in [1.82, 2.24) is 9.62 Å². The standard InChI is InChI=1S/C21H35N6O6PS/c1-14-12-15-6-4-8-17(19(15)25-13-14)35(32,33)26-16(7-5-10-24-21(22)23)20(28)27-11-3-2-9-18(27)34(29,30)31/h4,6,8,14,16,18,25-26H,2-3,5,7,9-13H2,1H3,(H4,22,23,24)(H2,29,30,31)/t14?,16-,18?/m0/s1. The van der Waals surface area contributed by atoms with Crippen molar-refractivity contribution in [2.75, 3.05) is 25.0 Å². The molecule has 0 aromatic heterocycles. The van der Waals surface area contributed by atoms with E-state index in [2.05, 4.69) is 22.0 Å². The van der Waals surface area contributed by atoms with Crippen LogP contribution in [0.3, 0.4) is 0 Å². The minimum Gasteiger partial charge on any atom is -0.383 e. The summed E-state index contributed by atoms with van der Waals surface area (Å²) in [7, 11) is -8.75. The highest BCUT2D eigenvalue weighted by atomic mass is 32.2. The number of guanidine groups is 1. The molecule has 2 aliphatic rings. The van der Waals surface area contributed by atoms with Gasteiger partial charge in [-0.2, -0.15) is 4.72 Å². The first kappa shape index (κ1) is 27.4. The Hall–Kier alpha value is -2.18. The van der Waals surface area contributed by atoms with Gasteiger partial charge in [-0.15, -0.1) is 0 Å². The van der Waals surface area contributed by atoms with Crippen molar-refractivity contribution in [1.29, 1.82) is 0 Å². The quantitative estimate of drug-likeness (QED) is 0.114. The molecule has 1 amide bonds. The number of nitrogens with zero attached hydrogens (tertiary/aromatic N) is 2. The number of carbonyl (C=O) groups excluding carboxylic acids is 1. The zero-order chi connectivity index (χ0) is 25.8. The van der Waals surface area contributed by atoms with Gasteiger partial charge in [-0.05, 0) is 56.1 Å². The summed E-state index contributed by atoms with van der Waals surface area (Å²) in [5.74, 6) is -1.72. The van der Waals surface area contributed by atoms with Gasteiger partial charge in [-0.25, -0.2) is 8.42 Å². The highest BCUT2D eigenvalue weighted by Crippen LogP contribution is 2.47. The van der Waals surface area contributed by atoms with Crippen molar-refractivity contribution in [3.05, 3.63) is 23.8 Å². The van der Waals surface area contributed by atoms with Crippen LogP contribution in [-0.4, -0.2) is 66.4 Å². The maximum absolute atomic E-state index is 13.5. The number of likely N-dealkylation sites (tertiary alicyclic amines) is 1. The van der Waals surface area contributed by atoms with Crippen LogP contribution in [0.4, 0.5) is 5.69 Å². The van der Waals surface area contributed by atoms with E-state index in [1.54, 1.807) is 6.07 Å². The van der Waals surface area contributed by atoms with Crippen LogP contribution in [0.5, 0.6) is 0 Å². The maximum Gasteiger partial charge on any atom is 0.347 e. The van der Waals surface area contributed by atoms with Crippen LogP contribution >= 0.6 is 7.60 Å². The molecule has 0 radical (unpaired) electrons. The summed E-state index contributed by atoms with van der Waals surface area (Å²) < 4.78 is 41.5. The van der Waals surface area contributed by atoms with Crippen LogP contribution in [-0.2, 0) is 25.8 Å². The fourth-order valence-corrected chi connectivity index (χ4v) is 7.16. The van der Waals surface area contributed by atoms with E-state index in [0.29, 0.717) is 31.0 Å². The fourth-order valence-electron chi connectivity index (χ4n) is 4.60. The zero-order valence-electron chi connectivity index (χ0n) is 19.8. The Morgan fingerprint density at radius 3 is 2.77 bits per heavy atom. The molecule has 8 N–H and O–H groups in total. The predicted molar refractivity (Wildman–Crippen MR) is 133 cm³/mol. The van der Waals surface area contributed by atoms with Crippen LogP contribution in [0.25, 0.3) is 0 Å². The van der Waals surface area contributed by atoms with E-state index >= 15 is 0 Å². The molecule has 35 heavy (non-hydrogen) atoms. The number of sulfonamides is 1. The molecular formula is C21H35N6O6PS. The Morgan fingerprint density at radius 2 is 2.09 bits per heavy atom. The topological polar surface area (TPSA) is 200 Å². The number of carbonyl (C=O) groups is 1. The van der Waals surface area contributed by atoms with Gasteiger partial charge in [-0.3, -0.25) is 14.4 Å². The highest BCUT2D eigenvalue weighted by Gasteiger charge is 2.41. The summed E-state index contributed by atoms with van der Waals surface area (Å²) in [6.07, 6.45) is 2.36. The van der Waals surface area contributed by atoms with E-state index < -0.39 is 35.4 Å². The number of hydrogen-bond donors (Lipinski definition) is 6. The molecule has 196 valence electrons. The van der Waals surface area contributed by atoms with E-state index in [0.717, 1.165) is 16.9 Å². The third kappa shape index (κ3) is 6.95. The molecule has 3 rings (SSSR count). The van der Waals surface area contributed by atoms with Gasteiger partial charge in [0.2, 0.25) is 15.9 Å². The second kappa shape index (κ2) is 11.3. The van der Waals surface area contributed by atoms with E-state index in [1.165, 1.54) is 6.07 Å². The Labute approximate surface area is 205 Å². The van der Waals surface area contributed by atoms with Crippen LogP contribution in [0.2, 0.25) is 0 Å². The van der Waals surface area contributed by atoms with Gasteiger partial charge < -0.3 is 31.5 Å². The third-order valence-electron chi connectivity index (χ3n) is 6.28. The number of benzene rings is 1. The number of nitrogens with one attached hydrogen (secondary N) is 2. The Kier molecular flexibility index (Phi) is 8.81. The van der Waals surface area contributed by atoms with Crippen molar-refractivity contribution in [2.45, 2.75) is 62.2 Å². The summed E-state index contributed by atoms with van der Waals surface area (Å²) in [6, 6.07) is 3.77. The number of anilines is 1. The lowest BCUT2D eigenvalue weighted by Crippen LogP contribution is -2.53. The van der Waals surface area contributed by atoms with Crippen molar-refractivity contribution < 1.29 is 27.6 Å². The second-order valence-electron chi connectivity index (χ2n) is 9.20. The molecule has 14 heteroatoms. The van der Waals surface area contributed by atoms with Crippen molar-refractivity contribution in [3.63, 3.8) is 0 Å². The molecule has 1 aromatic rings. The molecular weight excluding hydrogens is 495 g/mol. The largest absolute Gasteiger partial charge is 0.383 e. The predicted octanol–water partition coefficient (Wildman–Crippen LogP) is 0.508. The van der Waals surface area contributed by atoms with E-state index in [-0.39, 0.29) is 43.2 Å². The van der Waals surface area contributed by atoms with Crippen molar-refractivity contribution >= 4 is 35.2 Å². The van der Waals surface area contributed by atoms with E-state index in [9.17, 15) is 27.6 Å². The molecule has 0 saturated carbocycles. The first-order valence-corrected chi connectivity index (χ1v) is 14.9. The fraction of sp³-hybridized carbons (Fsp3) is 0.619. The average Bonchev–Trinajstić information content (AvgIpc) is 2.79. The summed E-state index contributed by atoms with van der Waals surface area (Å²) in [5, 5.41) is 3.18. The molecule has 2 heterocycles. The molecule has 1 fully saturated rings. The van der Waals surface area contributed by atoms with Crippen LogP contribution in [0.15, 0.2) is 28.1 Å². The Balaban J connectivity index is 1.89.